The molecule has 0 N–H and O–H groups in total. The molecule has 2 heteroatoms. The SMILES string of the molecule is C=Cc1ccc(C[N+](C)(C)CCCCCCCCCC)cc1.[Cl-]. The Balaban J connectivity index is 0.00000484. The van der Waals surface area contributed by atoms with Crippen LogP contribution in [0.15, 0.2) is 30.8 Å². The fourth-order valence-electron chi connectivity index (χ4n) is 3.01. The van der Waals surface area contributed by atoms with Crippen LogP contribution in [0.1, 0.15) is 69.4 Å². The Morgan fingerprint density at radius 2 is 1.39 bits per heavy atom. The lowest BCUT2D eigenvalue weighted by molar-refractivity contribution is -0.903. The molecule has 0 bridgehead atoms. The number of hydrogen-bond acceptors (Lipinski definition) is 0. The summed E-state index contributed by atoms with van der Waals surface area (Å²) in [5.74, 6) is 0. The summed E-state index contributed by atoms with van der Waals surface area (Å²) in [4.78, 5) is 0. The van der Waals surface area contributed by atoms with Crippen LogP contribution in [-0.2, 0) is 6.54 Å². The van der Waals surface area contributed by atoms with Crippen LogP contribution in [0, 0.1) is 0 Å². The molecule has 0 heterocycles. The van der Waals surface area contributed by atoms with Crippen LogP contribution in [0.4, 0.5) is 0 Å². The largest absolute Gasteiger partial charge is 1.00 e. The minimum absolute atomic E-state index is 0. The normalized spacial score (nSPS) is 11.1. The second kappa shape index (κ2) is 12.6. The lowest BCUT2D eigenvalue weighted by Crippen LogP contribution is -3.00. The van der Waals surface area contributed by atoms with Crippen molar-refractivity contribution in [3.63, 3.8) is 0 Å². The molecule has 0 amide bonds. The molecular formula is C21H36ClN. The Labute approximate surface area is 150 Å². The molecule has 1 nitrogen and oxygen atoms in total. The summed E-state index contributed by atoms with van der Waals surface area (Å²) in [6.45, 7) is 8.49. The number of nitrogens with zero attached hydrogens (tertiary/aromatic N) is 1. The first-order valence-electron chi connectivity index (χ1n) is 9.11. The highest BCUT2D eigenvalue weighted by Crippen LogP contribution is 2.14. The molecule has 0 aromatic heterocycles. The van der Waals surface area contributed by atoms with Crippen LogP contribution in [0.2, 0.25) is 0 Å². The quantitative estimate of drug-likeness (QED) is 0.406. The van der Waals surface area contributed by atoms with Gasteiger partial charge in [0.2, 0.25) is 0 Å². The van der Waals surface area contributed by atoms with E-state index in [4.69, 9.17) is 0 Å². The zero-order valence-corrected chi connectivity index (χ0v) is 16.2. The summed E-state index contributed by atoms with van der Waals surface area (Å²) in [6.07, 6.45) is 13.1. The van der Waals surface area contributed by atoms with Crippen LogP contribution < -0.4 is 12.4 Å². The second-order valence-corrected chi connectivity index (χ2v) is 7.24. The van der Waals surface area contributed by atoms with E-state index in [-0.39, 0.29) is 12.4 Å². The number of halogens is 1. The summed E-state index contributed by atoms with van der Waals surface area (Å²) in [5.41, 5.74) is 2.63. The van der Waals surface area contributed by atoms with Crippen molar-refractivity contribution in [3.05, 3.63) is 42.0 Å². The molecule has 0 saturated heterocycles. The fourth-order valence-corrected chi connectivity index (χ4v) is 3.01. The van der Waals surface area contributed by atoms with Gasteiger partial charge in [-0.3, -0.25) is 0 Å². The summed E-state index contributed by atoms with van der Waals surface area (Å²) in [5, 5.41) is 0. The van der Waals surface area contributed by atoms with Crippen LogP contribution in [-0.4, -0.2) is 25.1 Å². The number of unbranched alkanes of at least 4 members (excludes halogenated alkanes) is 7. The average Bonchev–Trinajstić information content (AvgIpc) is 2.50. The van der Waals surface area contributed by atoms with Crippen molar-refractivity contribution in [2.75, 3.05) is 20.6 Å². The predicted octanol–water partition coefficient (Wildman–Crippen LogP) is 3.05. The van der Waals surface area contributed by atoms with Crippen molar-refractivity contribution in [1.29, 1.82) is 0 Å². The van der Waals surface area contributed by atoms with E-state index in [1.165, 1.54) is 69.0 Å². The minimum Gasteiger partial charge on any atom is -1.00 e. The standard InChI is InChI=1S/C21H36N.ClH/c1-5-7-8-9-10-11-12-13-18-22(3,4)19-21-16-14-20(6-2)15-17-21;/h6,14-17H,2,5,7-13,18-19H2,1,3-4H3;1H/q+1;/p-1. The van der Waals surface area contributed by atoms with E-state index in [1.54, 1.807) is 0 Å². The third kappa shape index (κ3) is 10.6. The van der Waals surface area contributed by atoms with Crippen LogP contribution >= 0.6 is 0 Å². The highest BCUT2D eigenvalue weighted by atomic mass is 35.5. The van der Waals surface area contributed by atoms with Gasteiger partial charge in [-0.1, -0.05) is 82.4 Å². The van der Waals surface area contributed by atoms with Gasteiger partial charge in [-0.05, 0) is 18.4 Å². The van der Waals surface area contributed by atoms with Gasteiger partial charge in [-0.15, -0.1) is 0 Å². The van der Waals surface area contributed by atoms with E-state index in [0.29, 0.717) is 0 Å². The van der Waals surface area contributed by atoms with Gasteiger partial charge in [0, 0.05) is 5.56 Å². The first-order chi connectivity index (χ1) is 10.6. The smallest absolute Gasteiger partial charge is 0.104 e. The predicted molar refractivity (Wildman–Crippen MR) is 99.8 cm³/mol. The number of hydrogen-bond donors (Lipinski definition) is 0. The van der Waals surface area contributed by atoms with E-state index < -0.39 is 0 Å². The highest BCUT2D eigenvalue weighted by molar-refractivity contribution is 5.47. The fraction of sp³-hybridized carbons (Fsp3) is 0.619. The summed E-state index contributed by atoms with van der Waals surface area (Å²) in [7, 11) is 4.70. The highest BCUT2D eigenvalue weighted by Gasteiger charge is 2.15. The molecule has 132 valence electrons. The molecule has 0 saturated carbocycles. The van der Waals surface area contributed by atoms with Gasteiger partial charge >= 0.3 is 0 Å². The van der Waals surface area contributed by atoms with Gasteiger partial charge in [0.15, 0.2) is 0 Å². The van der Waals surface area contributed by atoms with Crippen LogP contribution in [0.5, 0.6) is 0 Å². The molecule has 0 fully saturated rings. The first-order valence-corrected chi connectivity index (χ1v) is 9.11. The Kier molecular flexibility index (Phi) is 12.2. The molecule has 0 aliphatic rings. The van der Waals surface area contributed by atoms with Crippen molar-refractivity contribution < 1.29 is 16.9 Å². The van der Waals surface area contributed by atoms with Crippen LogP contribution in [0.3, 0.4) is 0 Å². The molecule has 1 aromatic rings. The Bertz CT molecular complexity index is 408. The second-order valence-electron chi connectivity index (χ2n) is 7.24. The maximum Gasteiger partial charge on any atom is 0.104 e. The third-order valence-electron chi connectivity index (χ3n) is 4.44. The molecule has 1 aromatic carbocycles. The molecule has 0 atom stereocenters. The van der Waals surface area contributed by atoms with Crippen molar-refractivity contribution >= 4 is 6.08 Å². The molecular weight excluding hydrogens is 302 g/mol. The topological polar surface area (TPSA) is 0 Å². The molecule has 0 unspecified atom stereocenters. The van der Waals surface area contributed by atoms with E-state index in [1.807, 2.05) is 6.08 Å². The number of rotatable bonds is 12. The van der Waals surface area contributed by atoms with Crippen molar-refractivity contribution in [2.24, 2.45) is 0 Å². The molecule has 0 aliphatic heterocycles. The molecule has 1 rings (SSSR count). The number of benzene rings is 1. The lowest BCUT2D eigenvalue weighted by Gasteiger charge is -2.30. The zero-order chi connectivity index (χ0) is 16.3. The zero-order valence-electron chi connectivity index (χ0n) is 15.5. The Morgan fingerprint density at radius 3 is 1.91 bits per heavy atom. The van der Waals surface area contributed by atoms with Gasteiger partial charge in [-0.25, -0.2) is 0 Å². The van der Waals surface area contributed by atoms with Crippen molar-refractivity contribution in [2.45, 2.75) is 64.8 Å². The maximum absolute atomic E-state index is 3.81. The Hall–Kier alpha value is -0.790. The van der Waals surface area contributed by atoms with E-state index in [0.717, 1.165) is 11.0 Å². The molecule has 0 spiro atoms. The number of quaternary nitrogens is 1. The third-order valence-corrected chi connectivity index (χ3v) is 4.44. The Morgan fingerprint density at radius 1 is 0.870 bits per heavy atom. The van der Waals surface area contributed by atoms with E-state index in [9.17, 15) is 0 Å². The summed E-state index contributed by atoms with van der Waals surface area (Å²) in [6, 6.07) is 8.81. The van der Waals surface area contributed by atoms with Crippen molar-refractivity contribution in [3.8, 4) is 0 Å². The first kappa shape index (κ1) is 22.2. The maximum atomic E-state index is 3.81. The van der Waals surface area contributed by atoms with E-state index in [2.05, 4.69) is 51.9 Å². The van der Waals surface area contributed by atoms with Gasteiger partial charge in [-0.2, -0.15) is 0 Å². The van der Waals surface area contributed by atoms with Gasteiger partial charge in [0.05, 0.1) is 20.6 Å². The van der Waals surface area contributed by atoms with Gasteiger partial charge in [0.25, 0.3) is 0 Å². The van der Waals surface area contributed by atoms with Crippen LogP contribution in [0.25, 0.3) is 6.08 Å². The monoisotopic (exact) mass is 337 g/mol. The average molecular weight is 338 g/mol. The molecule has 0 aliphatic carbocycles. The van der Waals surface area contributed by atoms with E-state index >= 15 is 0 Å². The minimum atomic E-state index is 0. The molecule has 0 radical (unpaired) electrons. The van der Waals surface area contributed by atoms with Crippen molar-refractivity contribution in [1.82, 2.24) is 0 Å². The molecule has 23 heavy (non-hydrogen) atoms. The van der Waals surface area contributed by atoms with Gasteiger partial charge < -0.3 is 16.9 Å². The lowest BCUT2D eigenvalue weighted by atomic mass is 10.1. The summed E-state index contributed by atoms with van der Waals surface area (Å²) < 4.78 is 1.09. The summed E-state index contributed by atoms with van der Waals surface area (Å²) >= 11 is 0. The van der Waals surface area contributed by atoms with Gasteiger partial charge in [0.1, 0.15) is 6.54 Å².